The van der Waals surface area contributed by atoms with E-state index in [1.54, 1.807) is 0 Å². The number of anilines is 3. The monoisotopic (exact) mass is 921 g/mol. The van der Waals surface area contributed by atoms with Gasteiger partial charge < -0.3 is 9.32 Å². The van der Waals surface area contributed by atoms with Crippen molar-refractivity contribution in [2.75, 3.05) is 4.90 Å². The molecule has 1 aromatic heterocycles. The molecule has 0 atom stereocenters. The Balaban J connectivity index is 1.05. The first-order valence-electron chi connectivity index (χ1n) is 24.5. The van der Waals surface area contributed by atoms with Gasteiger partial charge in [0.25, 0.3) is 0 Å². The predicted molar refractivity (Wildman–Crippen MR) is 293 cm³/mol. The van der Waals surface area contributed by atoms with E-state index in [1.807, 2.05) is 11.8 Å². The van der Waals surface area contributed by atoms with Gasteiger partial charge in [0.15, 0.2) is 0 Å². The van der Waals surface area contributed by atoms with E-state index >= 15 is 0 Å². The minimum absolute atomic E-state index is 0.534. The van der Waals surface area contributed by atoms with Crippen molar-refractivity contribution in [1.82, 2.24) is 0 Å². The van der Waals surface area contributed by atoms with Crippen LogP contribution in [0.5, 0.6) is 0 Å². The quantitative estimate of drug-likeness (QED) is 0.165. The number of benzene rings is 11. The summed E-state index contributed by atoms with van der Waals surface area (Å²) in [5.74, 6) is 0. The number of fused-ring (bicyclic) bond motifs is 15. The first kappa shape index (κ1) is 40.3. The number of rotatable bonds is 6. The fourth-order valence-electron chi connectivity index (χ4n) is 12.8. The third-order valence-corrected chi connectivity index (χ3v) is 16.8. The summed E-state index contributed by atoms with van der Waals surface area (Å²) in [6, 6.07) is 96.7. The lowest BCUT2D eigenvalue weighted by molar-refractivity contribution is 0.648. The van der Waals surface area contributed by atoms with E-state index in [2.05, 4.69) is 266 Å². The van der Waals surface area contributed by atoms with E-state index in [0.717, 1.165) is 44.6 Å². The summed E-state index contributed by atoms with van der Waals surface area (Å²) < 4.78 is 7.20. The van der Waals surface area contributed by atoms with Crippen LogP contribution in [0.2, 0.25) is 0 Å². The topological polar surface area (TPSA) is 16.4 Å². The molecule has 71 heavy (non-hydrogen) atoms. The largest absolute Gasteiger partial charge is 0.456 e. The summed E-state index contributed by atoms with van der Waals surface area (Å²) in [5.41, 5.74) is 21.2. The predicted octanol–water partition coefficient (Wildman–Crippen LogP) is 17.9. The lowest BCUT2D eigenvalue weighted by Crippen LogP contribution is -2.32. The summed E-state index contributed by atoms with van der Waals surface area (Å²) in [6.45, 7) is 0. The zero-order chi connectivity index (χ0) is 46.7. The molecule has 0 unspecified atom stereocenters. The summed E-state index contributed by atoms with van der Waals surface area (Å²) >= 11 is 1.88. The Morgan fingerprint density at radius 3 is 1.44 bits per heavy atom. The van der Waals surface area contributed by atoms with Crippen molar-refractivity contribution < 1.29 is 4.42 Å². The summed E-state index contributed by atoms with van der Waals surface area (Å²) in [7, 11) is 0. The lowest BCUT2D eigenvalue weighted by atomic mass is 9.67. The van der Waals surface area contributed by atoms with Gasteiger partial charge in [-0.15, -0.1) is 0 Å². The number of nitrogens with zero attached hydrogens (tertiary/aromatic N) is 1. The van der Waals surface area contributed by atoms with Crippen LogP contribution in [0.15, 0.2) is 275 Å². The van der Waals surface area contributed by atoms with Gasteiger partial charge in [-0.25, -0.2) is 0 Å². The number of furan rings is 1. The van der Waals surface area contributed by atoms with Crippen molar-refractivity contribution in [1.29, 1.82) is 0 Å². The minimum Gasteiger partial charge on any atom is -0.456 e. The molecule has 0 fully saturated rings. The number of hydrogen-bond donors (Lipinski definition) is 0. The van der Waals surface area contributed by atoms with Gasteiger partial charge in [0, 0.05) is 43.2 Å². The average molecular weight is 922 g/mol. The lowest BCUT2D eigenvalue weighted by Gasteiger charge is -2.40. The highest BCUT2D eigenvalue weighted by atomic mass is 32.2. The zero-order valence-electron chi connectivity index (χ0n) is 38.6. The highest BCUT2D eigenvalue weighted by molar-refractivity contribution is 7.99. The SMILES string of the molecule is c1ccc(-c2ccc(N(c3ccc4c(c3)C3(c5ccccc5S4)c4ccccc4-c4ccccc43)c3cc(C4(c5ccccc5)c5ccccc5-c5ccccc54)c4oc5ccccc5c4c3)cc2)cc1. The van der Waals surface area contributed by atoms with E-state index in [9.17, 15) is 0 Å². The molecule has 0 saturated heterocycles. The molecule has 15 rings (SSSR count). The molecule has 0 amide bonds. The first-order chi connectivity index (χ1) is 35.2. The standard InChI is InChI=1S/C68H43NOS/c1-3-19-44(20-4-1)45-35-37-47(38-36-45)69(48-39-40-65-61(42-48)68(60-32-16-18-34-64(60)71-65)58-30-14-9-25-52(58)53-26-10-15-31-59(53)68)49-41-55-54-27-11-17-33-63(54)70-66(55)62(43-49)67(46-21-5-2-6-22-46)56-28-12-7-23-50(56)51-24-8-13-29-57(51)67/h1-43H. The van der Waals surface area contributed by atoms with Gasteiger partial charge in [-0.2, -0.15) is 0 Å². The molecule has 0 N–H and O–H groups in total. The van der Waals surface area contributed by atoms with Gasteiger partial charge in [-0.1, -0.05) is 218 Å². The van der Waals surface area contributed by atoms with E-state index in [1.165, 1.54) is 82.1 Å². The second-order valence-corrected chi connectivity index (χ2v) is 20.1. The summed E-state index contributed by atoms with van der Waals surface area (Å²) in [6.07, 6.45) is 0. The third kappa shape index (κ3) is 5.61. The fraction of sp³-hybridized carbons (Fsp3) is 0.0294. The maximum Gasteiger partial charge on any atom is 0.140 e. The Labute approximate surface area is 417 Å². The van der Waals surface area contributed by atoms with E-state index in [0.29, 0.717) is 0 Å². The van der Waals surface area contributed by atoms with Gasteiger partial charge in [-0.3, -0.25) is 0 Å². The Bertz CT molecular complexity index is 4000. The van der Waals surface area contributed by atoms with E-state index in [-0.39, 0.29) is 0 Å². The van der Waals surface area contributed by atoms with Crippen LogP contribution in [-0.4, -0.2) is 0 Å². The molecule has 0 saturated carbocycles. The van der Waals surface area contributed by atoms with Crippen LogP contribution < -0.4 is 4.90 Å². The molecule has 1 aliphatic heterocycles. The average Bonchev–Trinajstić information content (AvgIpc) is 4.07. The third-order valence-electron chi connectivity index (χ3n) is 15.6. The molecule has 3 aliphatic rings. The molecule has 0 radical (unpaired) electrons. The van der Waals surface area contributed by atoms with Crippen molar-refractivity contribution in [2.24, 2.45) is 0 Å². The molecule has 2 aliphatic carbocycles. The van der Waals surface area contributed by atoms with Crippen molar-refractivity contribution in [3.63, 3.8) is 0 Å². The zero-order valence-corrected chi connectivity index (χ0v) is 39.4. The van der Waals surface area contributed by atoms with Crippen LogP contribution in [0.3, 0.4) is 0 Å². The second kappa shape index (κ2) is 15.4. The highest BCUT2D eigenvalue weighted by Crippen LogP contribution is 2.63. The Morgan fingerprint density at radius 2 is 0.789 bits per heavy atom. The first-order valence-corrected chi connectivity index (χ1v) is 25.3. The van der Waals surface area contributed by atoms with Gasteiger partial charge in [0.2, 0.25) is 0 Å². The van der Waals surface area contributed by atoms with Crippen LogP contribution in [0, 0.1) is 0 Å². The molecule has 3 heteroatoms. The second-order valence-electron chi connectivity index (χ2n) is 19.0. The van der Waals surface area contributed by atoms with Crippen LogP contribution in [0.25, 0.3) is 55.3 Å². The Hall–Kier alpha value is -8.63. The van der Waals surface area contributed by atoms with Crippen molar-refractivity contribution in [2.45, 2.75) is 20.6 Å². The molecule has 2 heterocycles. The highest BCUT2D eigenvalue weighted by Gasteiger charge is 2.51. The number of hydrogen-bond acceptors (Lipinski definition) is 3. The molecule has 0 bridgehead atoms. The summed E-state index contributed by atoms with van der Waals surface area (Å²) in [5, 5.41) is 2.16. The maximum absolute atomic E-state index is 7.20. The maximum atomic E-state index is 7.20. The Morgan fingerprint density at radius 1 is 0.310 bits per heavy atom. The van der Waals surface area contributed by atoms with Crippen molar-refractivity contribution in [3.05, 3.63) is 305 Å². The Kier molecular flexibility index (Phi) is 8.76. The van der Waals surface area contributed by atoms with Gasteiger partial charge in [0.05, 0.1) is 10.8 Å². The molecule has 2 nitrogen and oxygen atoms in total. The fourth-order valence-corrected chi connectivity index (χ4v) is 13.9. The van der Waals surface area contributed by atoms with Crippen LogP contribution >= 0.6 is 11.8 Å². The van der Waals surface area contributed by atoms with Crippen LogP contribution in [0.4, 0.5) is 17.1 Å². The van der Waals surface area contributed by atoms with Crippen molar-refractivity contribution in [3.8, 4) is 33.4 Å². The molecule has 1 spiro atoms. The normalized spacial score (nSPS) is 14.1. The van der Waals surface area contributed by atoms with Gasteiger partial charge >= 0.3 is 0 Å². The van der Waals surface area contributed by atoms with Gasteiger partial charge in [-0.05, 0) is 127 Å². The summed E-state index contributed by atoms with van der Waals surface area (Å²) in [4.78, 5) is 5.05. The van der Waals surface area contributed by atoms with E-state index < -0.39 is 10.8 Å². The smallest absolute Gasteiger partial charge is 0.140 e. The van der Waals surface area contributed by atoms with Crippen molar-refractivity contribution >= 4 is 50.8 Å². The van der Waals surface area contributed by atoms with Gasteiger partial charge in [0.1, 0.15) is 11.2 Å². The molecule has 11 aromatic carbocycles. The molecular formula is C68H43NOS. The number of para-hydroxylation sites is 1. The molecule has 12 aromatic rings. The molecule has 332 valence electrons. The van der Waals surface area contributed by atoms with Crippen LogP contribution in [-0.2, 0) is 10.8 Å². The molecular weight excluding hydrogens is 879 g/mol. The van der Waals surface area contributed by atoms with Crippen LogP contribution in [0.1, 0.15) is 44.5 Å². The van der Waals surface area contributed by atoms with E-state index in [4.69, 9.17) is 4.42 Å². The minimum atomic E-state index is -0.711.